The molecular formula is C17H19BrO. The Labute approximate surface area is 123 Å². The second-order valence-corrected chi connectivity index (χ2v) is 6.07. The SMILES string of the molecule is Cc1ccc(C)c(CC(O)c2cc(Br)ccc2C)c1. The summed E-state index contributed by atoms with van der Waals surface area (Å²) < 4.78 is 1.01. The van der Waals surface area contributed by atoms with Gasteiger partial charge in [-0.3, -0.25) is 0 Å². The molecule has 0 fully saturated rings. The zero-order chi connectivity index (χ0) is 14.0. The molecule has 0 aromatic heterocycles. The first kappa shape index (κ1) is 14.3. The summed E-state index contributed by atoms with van der Waals surface area (Å²) in [7, 11) is 0. The highest BCUT2D eigenvalue weighted by molar-refractivity contribution is 9.10. The Morgan fingerprint density at radius 2 is 1.68 bits per heavy atom. The van der Waals surface area contributed by atoms with Crippen LogP contribution in [-0.4, -0.2) is 5.11 Å². The van der Waals surface area contributed by atoms with Gasteiger partial charge in [0, 0.05) is 10.9 Å². The smallest absolute Gasteiger partial charge is 0.0833 e. The Balaban J connectivity index is 2.27. The summed E-state index contributed by atoms with van der Waals surface area (Å²) in [5, 5.41) is 10.5. The van der Waals surface area contributed by atoms with Gasteiger partial charge in [0.05, 0.1) is 6.10 Å². The van der Waals surface area contributed by atoms with E-state index in [0.29, 0.717) is 6.42 Å². The number of aryl methyl sites for hydroxylation is 3. The number of aliphatic hydroxyl groups is 1. The molecule has 1 N–H and O–H groups in total. The van der Waals surface area contributed by atoms with E-state index >= 15 is 0 Å². The van der Waals surface area contributed by atoms with Gasteiger partial charge in [-0.05, 0) is 55.2 Å². The third kappa shape index (κ3) is 3.46. The minimum Gasteiger partial charge on any atom is -0.388 e. The minimum absolute atomic E-state index is 0.460. The average Bonchev–Trinajstić information content (AvgIpc) is 2.36. The highest BCUT2D eigenvalue weighted by Crippen LogP contribution is 2.26. The van der Waals surface area contributed by atoms with E-state index in [2.05, 4.69) is 48.0 Å². The van der Waals surface area contributed by atoms with E-state index in [4.69, 9.17) is 0 Å². The van der Waals surface area contributed by atoms with Gasteiger partial charge in [0.2, 0.25) is 0 Å². The lowest BCUT2D eigenvalue weighted by Gasteiger charge is -2.16. The fourth-order valence-corrected chi connectivity index (χ4v) is 2.69. The van der Waals surface area contributed by atoms with Crippen LogP contribution in [-0.2, 0) is 6.42 Å². The third-order valence-electron chi connectivity index (χ3n) is 3.52. The van der Waals surface area contributed by atoms with Crippen LogP contribution in [0.3, 0.4) is 0 Å². The first-order valence-electron chi connectivity index (χ1n) is 6.47. The molecule has 0 heterocycles. The van der Waals surface area contributed by atoms with Crippen LogP contribution in [0.5, 0.6) is 0 Å². The molecule has 1 nitrogen and oxygen atoms in total. The molecule has 0 radical (unpaired) electrons. The van der Waals surface area contributed by atoms with Gasteiger partial charge in [-0.2, -0.15) is 0 Å². The molecule has 1 unspecified atom stereocenters. The van der Waals surface area contributed by atoms with Crippen molar-refractivity contribution in [3.63, 3.8) is 0 Å². The van der Waals surface area contributed by atoms with Crippen molar-refractivity contribution in [2.24, 2.45) is 0 Å². The van der Waals surface area contributed by atoms with Crippen molar-refractivity contribution in [1.82, 2.24) is 0 Å². The Morgan fingerprint density at radius 1 is 1.00 bits per heavy atom. The van der Waals surface area contributed by atoms with Crippen molar-refractivity contribution in [2.45, 2.75) is 33.3 Å². The standard InChI is InChI=1S/C17H19BrO/c1-11-4-5-12(2)14(8-11)9-17(19)16-10-15(18)7-6-13(16)3/h4-8,10,17,19H,9H2,1-3H3. The van der Waals surface area contributed by atoms with Crippen molar-refractivity contribution in [3.05, 3.63) is 68.7 Å². The molecular weight excluding hydrogens is 300 g/mol. The van der Waals surface area contributed by atoms with Crippen molar-refractivity contribution in [1.29, 1.82) is 0 Å². The summed E-state index contributed by atoms with van der Waals surface area (Å²) in [5.41, 5.74) is 5.80. The number of hydrogen-bond donors (Lipinski definition) is 1. The van der Waals surface area contributed by atoms with Crippen LogP contribution in [0.25, 0.3) is 0 Å². The number of hydrogen-bond acceptors (Lipinski definition) is 1. The van der Waals surface area contributed by atoms with E-state index in [-0.39, 0.29) is 0 Å². The highest BCUT2D eigenvalue weighted by Gasteiger charge is 2.13. The van der Waals surface area contributed by atoms with Crippen molar-refractivity contribution in [3.8, 4) is 0 Å². The summed E-state index contributed by atoms with van der Waals surface area (Å²) in [6.45, 7) is 6.21. The van der Waals surface area contributed by atoms with Crippen LogP contribution < -0.4 is 0 Å². The molecule has 0 aliphatic carbocycles. The van der Waals surface area contributed by atoms with Gasteiger partial charge >= 0.3 is 0 Å². The zero-order valence-electron chi connectivity index (χ0n) is 11.6. The minimum atomic E-state index is -0.460. The van der Waals surface area contributed by atoms with E-state index < -0.39 is 6.10 Å². The van der Waals surface area contributed by atoms with Gasteiger partial charge in [0.15, 0.2) is 0 Å². The number of benzene rings is 2. The summed E-state index contributed by atoms with van der Waals surface area (Å²) in [4.78, 5) is 0. The Morgan fingerprint density at radius 3 is 2.42 bits per heavy atom. The maximum Gasteiger partial charge on any atom is 0.0833 e. The molecule has 100 valence electrons. The van der Waals surface area contributed by atoms with E-state index in [0.717, 1.165) is 15.6 Å². The monoisotopic (exact) mass is 318 g/mol. The van der Waals surface area contributed by atoms with Crippen LogP contribution in [0.2, 0.25) is 0 Å². The number of aliphatic hydroxyl groups excluding tert-OH is 1. The van der Waals surface area contributed by atoms with Gasteiger partial charge in [-0.25, -0.2) is 0 Å². The molecule has 2 rings (SSSR count). The first-order valence-corrected chi connectivity index (χ1v) is 7.27. The number of halogens is 1. The lowest BCUT2D eigenvalue weighted by molar-refractivity contribution is 0.177. The van der Waals surface area contributed by atoms with Crippen LogP contribution in [0.1, 0.15) is 33.9 Å². The van der Waals surface area contributed by atoms with E-state index in [1.807, 2.05) is 25.1 Å². The normalized spacial score (nSPS) is 12.5. The molecule has 0 bridgehead atoms. The summed E-state index contributed by atoms with van der Waals surface area (Å²) in [6, 6.07) is 12.4. The maximum atomic E-state index is 10.5. The van der Waals surface area contributed by atoms with Gasteiger partial charge in [-0.15, -0.1) is 0 Å². The average molecular weight is 319 g/mol. The molecule has 0 aliphatic rings. The van der Waals surface area contributed by atoms with Gasteiger partial charge in [-0.1, -0.05) is 45.8 Å². The largest absolute Gasteiger partial charge is 0.388 e. The summed E-state index contributed by atoms with van der Waals surface area (Å²) >= 11 is 3.47. The number of rotatable bonds is 3. The third-order valence-corrected chi connectivity index (χ3v) is 4.01. The molecule has 19 heavy (non-hydrogen) atoms. The lowest BCUT2D eigenvalue weighted by Crippen LogP contribution is -2.05. The lowest BCUT2D eigenvalue weighted by atomic mass is 9.94. The topological polar surface area (TPSA) is 20.2 Å². The van der Waals surface area contributed by atoms with Crippen molar-refractivity contribution >= 4 is 15.9 Å². The Kier molecular flexibility index (Phi) is 4.43. The fraction of sp³-hybridized carbons (Fsp3) is 0.294. The van der Waals surface area contributed by atoms with Crippen LogP contribution in [0, 0.1) is 20.8 Å². The molecule has 0 saturated heterocycles. The Bertz CT molecular complexity index is 590. The Hall–Kier alpha value is -1.12. The molecule has 0 saturated carbocycles. The predicted molar refractivity (Wildman–Crippen MR) is 83.5 cm³/mol. The van der Waals surface area contributed by atoms with E-state index in [1.165, 1.54) is 16.7 Å². The van der Waals surface area contributed by atoms with Gasteiger partial charge in [0.25, 0.3) is 0 Å². The van der Waals surface area contributed by atoms with E-state index in [9.17, 15) is 5.11 Å². The second kappa shape index (κ2) is 5.89. The quantitative estimate of drug-likeness (QED) is 0.873. The van der Waals surface area contributed by atoms with Crippen LogP contribution in [0.4, 0.5) is 0 Å². The van der Waals surface area contributed by atoms with Crippen molar-refractivity contribution < 1.29 is 5.11 Å². The second-order valence-electron chi connectivity index (χ2n) is 5.15. The first-order chi connectivity index (χ1) is 8.97. The molecule has 0 aliphatic heterocycles. The van der Waals surface area contributed by atoms with Gasteiger partial charge in [0.1, 0.15) is 0 Å². The predicted octanol–water partition coefficient (Wildman–Crippen LogP) is 4.65. The summed E-state index contributed by atoms with van der Waals surface area (Å²) in [5.74, 6) is 0. The molecule has 2 aromatic carbocycles. The van der Waals surface area contributed by atoms with Crippen LogP contribution in [0.15, 0.2) is 40.9 Å². The van der Waals surface area contributed by atoms with Crippen molar-refractivity contribution in [2.75, 3.05) is 0 Å². The molecule has 2 heteroatoms. The zero-order valence-corrected chi connectivity index (χ0v) is 13.2. The molecule has 0 spiro atoms. The van der Waals surface area contributed by atoms with E-state index in [1.54, 1.807) is 0 Å². The fourth-order valence-electron chi connectivity index (χ4n) is 2.31. The highest BCUT2D eigenvalue weighted by atomic mass is 79.9. The molecule has 0 amide bonds. The van der Waals surface area contributed by atoms with Gasteiger partial charge < -0.3 is 5.11 Å². The summed E-state index contributed by atoms with van der Waals surface area (Å²) in [6.07, 6.45) is 0.197. The molecule has 1 atom stereocenters. The maximum absolute atomic E-state index is 10.5. The molecule has 2 aromatic rings. The van der Waals surface area contributed by atoms with Crippen LogP contribution >= 0.6 is 15.9 Å².